The molecule has 0 spiro atoms. The Kier molecular flexibility index (Phi) is 5.51. The predicted octanol–water partition coefficient (Wildman–Crippen LogP) is 4.94. The van der Waals surface area contributed by atoms with Gasteiger partial charge in [-0.05, 0) is 55.4 Å². The first-order valence-corrected chi connectivity index (χ1v) is 11.0. The Morgan fingerprint density at radius 2 is 1.00 bits per heavy atom. The first-order chi connectivity index (χ1) is 8.49. The second-order valence-corrected chi connectivity index (χ2v) is 12.9. The summed E-state index contributed by atoms with van der Waals surface area (Å²) in [6, 6.07) is 0. The maximum absolute atomic E-state index is 2.70. The molecule has 0 aromatic carbocycles. The summed E-state index contributed by atoms with van der Waals surface area (Å²) in [5, 5.41) is 0. The summed E-state index contributed by atoms with van der Waals surface area (Å²) in [5.41, 5.74) is 4.07. The van der Waals surface area contributed by atoms with Crippen molar-refractivity contribution in [3.8, 4) is 0 Å². The molecule has 0 bridgehead atoms. The first kappa shape index (κ1) is 15.2. The Labute approximate surface area is 117 Å². The number of hydrogen-bond acceptors (Lipinski definition) is 1. The SMILES string of the molecule is C[C@@H]1CC[C@@H](C)P1CN(C)CP1[C@H](C)CC[C@H]1C. The maximum atomic E-state index is 2.70. The van der Waals surface area contributed by atoms with Crippen LogP contribution in [-0.2, 0) is 0 Å². The highest BCUT2D eigenvalue weighted by molar-refractivity contribution is 7.60. The van der Waals surface area contributed by atoms with Crippen LogP contribution in [0.5, 0.6) is 0 Å². The quantitative estimate of drug-likeness (QED) is 0.662. The van der Waals surface area contributed by atoms with Gasteiger partial charge in [-0.3, -0.25) is 4.90 Å². The molecule has 106 valence electrons. The van der Waals surface area contributed by atoms with Crippen LogP contribution in [0.2, 0.25) is 0 Å². The van der Waals surface area contributed by atoms with Gasteiger partial charge < -0.3 is 0 Å². The molecule has 0 N–H and O–H groups in total. The average molecular weight is 287 g/mol. The Morgan fingerprint density at radius 3 is 1.28 bits per heavy atom. The van der Waals surface area contributed by atoms with Crippen molar-refractivity contribution in [1.29, 1.82) is 0 Å². The average Bonchev–Trinajstić information content (AvgIpc) is 2.79. The summed E-state index contributed by atoms with van der Waals surface area (Å²) in [6.45, 7) is 9.98. The van der Waals surface area contributed by atoms with Gasteiger partial charge >= 0.3 is 0 Å². The molecule has 0 radical (unpaired) electrons. The van der Waals surface area contributed by atoms with Crippen LogP contribution in [0.4, 0.5) is 0 Å². The highest BCUT2D eigenvalue weighted by Crippen LogP contribution is 2.58. The van der Waals surface area contributed by atoms with Crippen LogP contribution < -0.4 is 0 Å². The number of rotatable bonds is 4. The van der Waals surface area contributed by atoms with Gasteiger partial charge in [0.1, 0.15) is 0 Å². The smallest absolute Gasteiger partial charge is 0.0189 e. The van der Waals surface area contributed by atoms with Gasteiger partial charge in [0.2, 0.25) is 0 Å². The topological polar surface area (TPSA) is 3.24 Å². The monoisotopic (exact) mass is 287 g/mol. The van der Waals surface area contributed by atoms with E-state index in [0.29, 0.717) is 0 Å². The van der Waals surface area contributed by atoms with Crippen LogP contribution in [0.3, 0.4) is 0 Å². The molecule has 0 saturated carbocycles. The Balaban J connectivity index is 1.83. The zero-order valence-corrected chi connectivity index (χ0v) is 14.7. The van der Waals surface area contributed by atoms with Crippen molar-refractivity contribution in [2.45, 2.75) is 76.0 Å². The third kappa shape index (κ3) is 3.47. The van der Waals surface area contributed by atoms with Gasteiger partial charge in [0.25, 0.3) is 0 Å². The Hall–Kier alpha value is 0.820. The minimum Gasteiger partial charge on any atom is -0.298 e. The third-order valence-corrected chi connectivity index (χ3v) is 12.3. The van der Waals surface area contributed by atoms with Crippen molar-refractivity contribution >= 4 is 15.8 Å². The van der Waals surface area contributed by atoms with E-state index in [1.54, 1.807) is 0 Å². The molecule has 2 heterocycles. The van der Waals surface area contributed by atoms with E-state index in [2.05, 4.69) is 39.6 Å². The van der Waals surface area contributed by atoms with Gasteiger partial charge in [-0.2, -0.15) is 0 Å². The molecule has 0 aliphatic carbocycles. The highest BCUT2D eigenvalue weighted by atomic mass is 31.1. The summed E-state index contributed by atoms with van der Waals surface area (Å²) in [6.07, 6.45) is 8.78. The first-order valence-electron chi connectivity index (χ1n) is 7.69. The maximum Gasteiger partial charge on any atom is 0.0189 e. The zero-order chi connectivity index (χ0) is 13.3. The fourth-order valence-corrected chi connectivity index (χ4v) is 9.91. The van der Waals surface area contributed by atoms with Crippen LogP contribution in [0, 0.1) is 0 Å². The normalized spacial score (nSPS) is 39.0. The van der Waals surface area contributed by atoms with E-state index in [9.17, 15) is 0 Å². The molecule has 0 amide bonds. The molecule has 1 nitrogen and oxygen atoms in total. The molecule has 2 fully saturated rings. The van der Waals surface area contributed by atoms with Crippen molar-refractivity contribution in [3.05, 3.63) is 0 Å². The lowest BCUT2D eigenvalue weighted by molar-refractivity contribution is 0.454. The van der Waals surface area contributed by atoms with Gasteiger partial charge in [0.05, 0.1) is 0 Å². The molecule has 3 heteroatoms. The van der Waals surface area contributed by atoms with Gasteiger partial charge in [-0.25, -0.2) is 0 Å². The predicted molar refractivity (Wildman–Crippen MR) is 87.7 cm³/mol. The van der Waals surface area contributed by atoms with Crippen LogP contribution in [0.1, 0.15) is 53.4 Å². The fourth-order valence-electron chi connectivity index (χ4n) is 3.66. The van der Waals surface area contributed by atoms with Gasteiger partial charge in [-0.1, -0.05) is 43.5 Å². The van der Waals surface area contributed by atoms with E-state index in [0.717, 1.165) is 22.6 Å². The van der Waals surface area contributed by atoms with E-state index < -0.39 is 0 Å². The van der Waals surface area contributed by atoms with Crippen molar-refractivity contribution in [2.75, 3.05) is 19.6 Å². The van der Waals surface area contributed by atoms with Crippen molar-refractivity contribution < 1.29 is 0 Å². The summed E-state index contributed by atoms with van der Waals surface area (Å²) < 4.78 is 0. The summed E-state index contributed by atoms with van der Waals surface area (Å²) in [7, 11) is 2.95. The molecule has 2 aliphatic rings. The standard InChI is InChI=1S/C15H31NP2/c1-12-6-7-13(2)17(12)10-16(5)11-18-14(3)8-9-15(18)4/h12-15H,6-11H2,1-5H3/t12-,13-,14-,15-/m1/s1. The van der Waals surface area contributed by atoms with Crippen LogP contribution >= 0.6 is 15.8 Å². The highest BCUT2D eigenvalue weighted by Gasteiger charge is 2.33. The molecule has 0 aromatic rings. The minimum atomic E-state index is 0.281. The molecule has 18 heavy (non-hydrogen) atoms. The third-order valence-electron chi connectivity index (χ3n) is 5.08. The van der Waals surface area contributed by atoms with E-state index >= 15 is 0 Å². The van der Waals surface area contributed by atoms with Gasteiger partial charge in [0.15, 0.2) is 0 Å². The van der Waals surface area contributed by atoms with Crippen molar-refractivity contribution in [2.24, 2.45) is 0 Å². The number of nitrogens with zero attached hydrogens (tertiary/aromatic N) is 1. The van der Waals surface area contributed by atoms with E-state index in [4.69, 9.17) is 0 Å². The Bertz CT molecular complexity index is 225. The van der Waals surface area contributed by atoms with E-state index in [1.165, 1.54) is 38.3 Å². The number of hydrogen-bond donors (Lipinski definition) is 0. The molecular formula is C15H31NP2. The molecule has 2 rings (SSSR count). The summed E-state index contributed by atoms with van der Waals surface area (Å²) >= 11 is 0. The zero-order valence-electron chi connectivity index (χ0n) is 12.9. The summed E-state index contributed by atoms with van der Waals surface area (Å²) in [4.78, 5) is 2.70. The van der Waals surface area contributed by atoms with Gasteiger partial charge in [0, 0.05) is 12.6 Å². The lowest BCUT2D eigenvalue weighted by Gasteiger charge is -2.31. The molecule has 2 aliphatic heterocycles. The lowest BCUT2D eigenvalue weighted by Crippen LogP contribution is -2.24. The molecule has 4 atom stereocenters. The van der Waals surface area contributed by atoms with E-state index in [-0.39, 0.29) is 15.8 Å². The van der Waals surface area contributed by atoms with Crippen molar-refractivity contribution in [3.63, 3.8) is 0 Å². The summed E-state index contributed by atoms with van der Waals surface area (Å²) in [5.74, 6) is 0. The minimum absolute atomic E-state index is 0.281. The van der Waals surface area contributed by atoms with Crippen molar-refractivity contribution in [1.82, 2.24) is 4.90 Å². The molecule has 0 unspecified atom stereocenters. The second kappa shape index (κ2) is 6.51. The van der Waals surface area contributed by atoms with E-state index in [1.807, 2.05) is 0 Å². The second-order valence-electron chi connectivity index (χ2n) is 6.72. The van der Waals surface area contributed by atoms with Crippen LogP contribution in [-0.4, -0.2) is 47.2 Å². The largest absolute Gasteiger partial charge is 0.298 e. The Morgan fingerprint density at radius 1 is 0.722 bits per heavy atom. The van der Waals surface area contributed by atoms with Crippen LogP contribution in [0.25, 0.3) is 0 Å². The lowest BCUT2D eigenvalue weighted by atomic mass is 10.2. The molecule has 2 saturated heterocycles. The molecule has 0 aromatic heterocycles. The van der Waals surface area contributed by atoms with Crippen LogP contribution in [0.15, 0.2) is 0 Å². The molecular weight excluding hydrogens is 256 g/mol. The van der Waals surface area contributed by atoms with Gasteiger partial charge in [-0.15, -0.1) is 0 Å². The fraction of sp³-hybridized carbons (Fsp3) is 1.00.